The van der Waals surface area contributed by atoms with Crippen LogP contribution in [0.2, 0.25) is 0 Å². The summed E-state index contributed by atoms with van der Waals surface area (Å²) in [4.78, 5) is 21.1. The first-order chi connectivity index (χ1) is 15.9. The van der Waals surface area contributed by atoms with Crippen molar-refractivity contribution < 1.29 is 23.0 Å². The van der Waals surface area contributed by atoms with E-state index in [1.807, 2.05) is 18.2 Å². The third kappa shape index (κ3) is 4.64. The van der Waals surface area contributed by atoms with Crippen LogP contribution in [0, 0.1) is 0 Å². The number of methoxy groups -OCH3 is 1. The second-order valence-electron chi connectivity index (χ2n) is 7.47. The number of alkyl halides is 2. The van der Waals surface area contributed by atoms with Crippen LogP contribution in [0.25, 0.3) is 22.3 Å². The second kappa shape index (κ2) is 9.27. The zero-order chi connectivity index (χ0) is 23.5. The van der Waals surface area contributed by atoms with Gasteiger partial charge in [0, 0.05) is 43.2 Å². The van der Waals surface area contributed by atoms with Gasteiger partial charge in [0.1, 0.15) is 23.4 Å². The third-order valence-corrected chi connectivity index (χ3v) is 5.23. The highest BCUT2D eigenvalue weighted by molar-refractivity contribution is 6.10. The summed E-state index contributed by atoms with van der Waals surface area (Å²) in [6.45, 7) is -3.11. The van der Waals surface area contributed by atoms with Gasteiger partial charge in [-0.05, 0) is 30.5 Å². The molecule has 1 aliphatic carbocycles. The maximum atomic E-state index is 13.2. The monoisotopic (exact) mass is 455 g/mol. The number of nitrogens with two attached hydrogens (primary N) is 1. The zero-order valence-electron chi connectivity index (χ0n) is 18.1. The number of halogens is 2. The topological polar surface area (TPSA) is 104 Å². The molecule has 1 amide bonds. The molecule has 0 radical (unpaired) electrons. The number of benzene rings is 2. The molecule has 172 valence electrons. The van der Waals surface area contributed by atoms with E-state index in [0.29, 0.717) is 16.7 Å². The van der Waals surface area contributed by atoms with E-state index in [4.69, 9.17) is 15.2 Å². The standard InChI is InChI=1S/C23H23F2N5O3/c1-27-11-14(10-26)13-3-6-18-17(7-13)28-12-30(18)16-8-19(32-2)21(20(9-16)33-23(24)25)22(31)29-15-4-5-15/h3,6-12,15,23H,4-5,26H2,1-2H3,(H,29,31). The third-order valence-electron chi connectivity index (χ3n) is 5.23. The molecular weight excluding hydrogens is 432 g/mol. The summed E-state index contributed by atoms with van der Waals surface area (Å²) in [5.74, 6) is -0.675. The summed E-state index contributed by atoms with van der Waals surface area (Å²) in [7, 11) is 3.02. The number of nitrogens with zero attached hydrogens (tertiary/aromatic N) is 3. The molecule has 0 saturated heterocycles. The molecule has 0 spiro atoms. The van der Waals surface area contributed by atoms with Crippen LogP contribution < -0.4 is 20.5 Å². The fourth-order valence-electron chi connectivity index (χ4n) is 3.52. The van der Waals surface area contributed by atoms with Crippen molar-refractivity contribution >= 4 is 28.7 Å². The van der Waals surface area contributed by atoms with Crippen LogP contribution in [0.3, 0.4) is 0 Å². The fraction of sp³-hybridized carbons (Fsp3) is 0.261. The Balaban J connectivity index is 1.80. The number of nitrogens with one attached hydrogen (secondary N) is 1. The van der Waals surface area contributed by atoms with Gasteiger partial charge < -0.3 is 20.5 Å². The number of allylic oxidation sites excluding steroid dienone is 1. The SMILES string of the molecule is CN=CC(=CN)c1ccc2c(c1)ncn2-c1cc(OC)c(C(=O)NC2CC2)c(OC(F)F)c1. The average Bonchev–Trinajstić information content (AvgIpc) is 3.51. The minimum Gasteiger partial charge on any atom is -0.496 e. The number of rotatable bonds is 8. The van der Waals surface area contributed by atoms with Crippen molar-refractivity contribution in [2.24, 2.45) is 10.7 Å². The zero-order valence-corrected chi connectivity index (χ0v) is 18.1. The van der Waals surface area contributed by atoms with E-state index in [0.717, 1.165) is 24.0 Å². The molecule has 1 fully saturated rings. The molecule has 10 heteroatoms. The van der Waals surface area contributed by atoms with Crippen molar-refractivity contribution in [1.29, 1.82) is 0 Å². The van der Waals surface area contributed by atoms with Crippen LogP contribution in [0.1, 0.15) is 28.8 Å². The predicted molar refractivity (Wildman–Crippen MR) is 121 cm³/mol. The Morgan fingerprint density at radius 2 is 2.06 bits per heavy atom. The van der Waals surface area contributed by atoms with Gasteiger partial charge in [-0.25, -0.2) is 4.98 Å². The van der Waals surface area contributed by atoms with Crippen molar-refractivity contribution in [1.82, 2.24) is 14.9 Å². The number of carbonyl (C=O) groups is 1. The lowest BCUT2D eigenvalue weighted by molar-refractivity contribution is -0.0502. The molecule has 8 nitrogen and oxygen atoms in total. The highest BCUT2D eigenvalue weighted by atomic mass is 19.3. The number of imidazole rings is 1. The summed E-state index contributed by atoms with van der Waals surface area (Å²) < 4.78 is 38.1. The minimum absolute atomic E-state index is 0.0401. The Kier molecular flexibility index (Phi) is 6.25. The molecule has 2 aromatic carbocycles. The van der Waals surface area contributed by atoms with E-state index < -0.39 is 12.5 Å². The molecule has 1 saturated carbocycles. The summed E-state index contributed by atoms with van der Waals surface area (Å²) in [5, 5.41) is 2.79. The fourth-order valence-corrected chi connectivity index (χ4v) is 3.52. The smallest absolute Gasteiger partial charge is 0.387 e. The summed E-state index contributed by atoms with van der Waals surface area (Å²) in [5.41, 5.74) is 8.99. The largest absolute Gasteiger partial charge is 0.496 e. The maximum Gasteiger partial charge on any atom is 0.387 e. The van der Waals surface area contributed by atoms with Gasteiger partial charge in [-0.1, -0.05) is 6.07 Å². The number of aromatic nitrogens is 2. The highest BCUT2D eigenvalue weighted by Gasteiger charge is 2.29. The Morgan fingerprint density at radius 3 is 2.70 bits per heavy atom. The number of fused-ring (bicyclic) bond motifs is 1. The van der Waals surface area contributed by atoms with Crippen LogP contribution >= 0.6 is 0 Å². The second-order valence-corrected chi connectivity index (χ2v) is 7.47. The molecule has 0 aliphatic heterocycles. The lowest BCUT2D eigenvalue weighted by Crippen LogP contribution is -2.27. The number of hydrogen-bond acceptors (Lipinski definition) is 6. The Morgan fingerprint density at radius 1 is 1.30 bits per heavy atom. The highest BCUT2D eigenvalue weighted by Crippen LogP contribution is 2.35. The van der Waals surface area contributed by atoms with E-state index in [-0.39, 0.29) is 23.1 Å². The van der Waals surface area contributed by atoms with E-state index in [9.17, 15) is 13.6 Å². The van der Waals surface area contributed by atoms with Gasteiger partial charge in [0.2, 0.25) is 0 Å². The van der Waals surface area contributed by atoms with Gasteiger partial charge in [0.05, 0.1) is 23.8 Å². The molecule has 0 atom stereocenters. The van der Waals surface area contributed by atoms with Gasteiger partial charge in [0.25, 0.3) is 5.91 Å². The van der Waals surface area contributed by atoms with Crippen LogP contribution in [-0.2, 0) is 0 Å². The molecule has 0 bridgehead atoms. The van der Waals surface area contributed by atoms with E-state index >= 15 is 0 Å². The number of amides is 1. The summed E-state index contributed by atoms with van der Waals surface area (Å²) >= 11 is 0. The first-order valence-electron chi connectivity index (χ1n) is 10.2. The van der Waals surface area contributed by atoms with Crippen LogP contribution in [-0.4, -0.2) is 48.5 Å². The average molecular weight is 455 g/mol. The normalized spacial score (nSPS) is 14.3. The van der Waals surface area contributed by atoms with E-state index in [2.05, 4.69) is 15.3 Å². The summed E-state index contributed by atoms with van der Waals surface area (Å²) in [6, 6.07) is 8.53. The molecular formula is C23H23F2N5O3. The van der Waals surface area contributed by atoms with Gasteiger partial charge in [-0.3, -0.25) is 14.4 Å². The maximum absolute atomic E-state index is 13.2. The Hall–Kier alpha value is -3.95. The minimum atomic E-state index is -3.11. The summed E-state index contributed by atoms with van der Waals surface area (Å²) in [6.07, 6.45) is 6.35. The van der Waals surface area contributed by atoms with E-state index in [1.54, 1.807) is 30.2 Å². The van der Waals surface area contributed by atoms with Gasteiger partial charge >= 0.3 is 6.61 Å². The van der Waals surface area contributed by atoms with Crippen LogP contribution in [0.5, 0.6) is 11.5 Å². The Labute approximate surface area is 188 Å². The van der Waals surface area contributed by atoms with Crippen molar-refractivity contribution in [3.8, 4) is 17.2 Å². The predicted octanol–water partition coefficient (Wildman–Crippen LogP) is 3.53. The number of ether oxygens (including phenoxy) is 2. The Bertz CT molecular complexity index is 1250. The molecule has 1 heterocycles. The number of hydrogen-bond donors (Lipinski definition) is 2. The molecule has 3 N–H and O–H groups in total. The molecule has 0 unspecified atom stereocenters. The van der Waals surface area contributed by atoms with Crippen LogP contribution in [0.15, 0.2) is 47.9 Å². The lowest BCUT2D eigenvalue weighted by Gasteiger charge is -2.17. The van der Waals surface area contributed by atoms with Crippen molar-refractivity contribution in [2.75, 3.05) is 14.2 Å². The van der Waals surface area contributed by atoms with Crippen molar-refractivity contribution in [3.05, 3.63) is 54.0 Å². The van der Waals surface area contributed by atoms with Gasteiger partial charge in [-0.15, -0.1) is 0 Å². The first-order valence-corrected chi connectivity index (χ1v) is 10.2. The molecule has 1 aliphatic rings. The molecule has 1 aromatic heterocycles. The molecule has 33 heavy (non-hydrogen) atoms. The van der Waals surface area contributed by atoms with E-state index in [1.165, 1.54) is 19.4 Å². The van der Waals surface area contributed by atoms with Gasteiger partial charge in [0.15, 0.2) is 0 Å². The number of carbonyl (C=O) groups excluding carboxylic acids is 1. The quantitative estimate of drug-likeness (QED) is 0.506. The number of aliphatic imine (C=N–C) groups is 1. The lowest BCUT2D eigenvalue weighted by atomic mass is 10.1. The molecule has 4 rings (SSSR count). The van der Waals surface area contributed by atoms with Crippen molar-refractivity contribution in [3.63, 3.8) is 0 Å². The molecule has 3 aromatic rings. The van der Waals surface area contributed by atoms with Gasteiger partial charge in [-0.2, -0.15) is 8.78 Å². The first kappa shape index (κ1) is 22.3. The van der Waals surface area contributed by atoms with Crippen molar-refractivity contribution in [2.45, 2.75) is 25.5 Å². The van der Waals surface area contributed by atoms with Crippen LogP contribution in [0.4, 0.5) is 8.78 Å².